The van der Waals surface area contributed by atoms with Gasteiger partial charge < -0.3 is 14.6 Å². The van der Waals surface area contributed by atoms with Gasteiger partial charge in [-0.25, -0.2) is 0 Å². The van der Waals surface area contributed by atoms with Crippen LogP contribution in [-0.2, 0) is 4.74 Å². The maximum absolute atomic E-state index is 11.8. The van der Waals surface area contributed by atoms with Crippen LogP contribution in [0.25, 0.3) is 0 Å². The van der Waals surface area contributed by atoms with E-state index >= 15 is 0 Å². The molecule has 0 spiro atoms. The van der Waals surface area contributed by atoms with E-state index in [1.807, 2.05) is 0 Å². The van der Waals surface area contributed by atoms with Gasteiger partial charge >= 0.3 is 0 Å². The van der Waals surface area contributed by atoms with Crippen molar-refractivity contribution in [3.05, 3.63) is 42.7 Å². The summed E-state index contributed by atoms with van der Waals surface area (Å²) in [7, 11) is 0. The summed E-state index contributed by atoms with van der Waals surface area (Å²) in [4.78, 5) is 11.8. The lowest BCUT2D eigenvalue weighted by Crippen LogP contribution is -2.30. The number of hydrogen-bond acceptors (Lipinski definition) is 4. The zero-order valence-electron chi connectivity index (χ0n) is 10.7. The Bertz CT molecular complexity index is 401. The first-order valence-electron chi connectivity index (χ1n) is 5.67. The number of carbonyl (C=O) groups is 1. The van der Waals surface area contributed by atoms with Gasteiger partial charge in [0.25, 0.3) is 0 Å². The second kappa shape index (κ2) is 6.21. The molecule has 0 aliphatic heterocycles. The van der Waals surface area contributed by atoms with E-state index in [1.54, 1.807) is 24.3 Å². The number of hydrogen-bond donors (Lipinski definition) is 1. The molecule has 0 aliphatic rings. The fourth-order valence-corrected chi connectivity index (χ4v) is 1.35. The zero-order chi connectivity index (χ0) is 13.6. The zero-order valence-corrected chi connectivity index (χ0v) is 10.7. The minimum atomic E-state index is -1.36. The molecule has 18 heavy (non-hydrogen) atoms. The Hall–Kier alpha value is -1.81. The third-order valence-corrected chi connectivity index (χ3v) is 2.26. The SMILES string of the molecule is C=COCCOc1ccc(C(=O)C(C)(C)O)cc1. The number of carbonyl (C=O) groups excluding carboxylic acids is 1. The lowest BCUT2D eigenvalue weighted by atomic mass is 9.97. The predicted molar refractivity (Wildman–Crippen MR) is 68.7 cm³/mol. The van der Waals surface area contributed by atoms with Gasteiger partial charge in [-0.1, -0.05) is 6.58 Å². The molecule has 0 atom stereocenters. The van der Waals surface area contributed by atoms with Crippen molar-refractivity contribution < 1.29 is 19.4 Å². The fraction of sp³-hybridized carbons (Fsp3) is 0.357. The molecule has 0 radical (unpaired) electrons. The van der Waals surface area contributed by atoms with Gasteiger partial charge in [0.2, 0.25) is 0 Å². The molecule has 0 amide bonds. The lowest BCUT2D eigenvalue weighted by molar-refractivity contribution is 0.0488. The average molecular weight is 250 g/mol. The molecule has 0 unspecified atom stereocenters. The van der Waals surface area contributed by atoms with Crippen molar-refractivity contribution >= 4 is 5.78 Å². The molecular formula is C14H18O4. The van der Waals surface area contributed by atoms with E-state index in [4.69, 9.17) is 9.47 Å². The van der Waals surface area contributed by atoms with E-state index in [2.05, 4.69) is 6.58 Å². The minimum Gasteiger partial charge on any atom is -0.498 e. The number of aliphatic hydroxyl groups is 1. The van der Waals surface area contributed by atoms with Gasteiger partial charge in [-0.05, 0) is 38.1 Å². The van der Waals surface area contributed by atoms with E-state index in [-0.39, 0.29) is 5.78 Å². The van der Waals surface area contributed by atoms with Crippen LogP contribution in [0.5, 0.6) is 5.75 Å². The minimum absolute atomic E-state index is 0.316. The number of benzene rings is 1. The van der Waals surface area contributed by atoms with Crippen LogP contribution in [0.3, 0.4) is 0 Å². The first-order valence-corrected chi connectivity index (χ1v) is 5.67. The van der Waals surface area contributed by atoms with Crippen molar-refractivity contribution in [2.45, 2.75) is 19.4 Å². The maximum atomic E-state index is 11.8. The van der Waals surface area contributed by atoms with Gasteiger partial charge in [0.1, 0.15) is 24.6 Å². The summed E-state index contributed by atoms with van der Waals surface area (Å²) in [5.74, 6) is 0.332. The van der Waals surface area contributed by atoms with Crippen LogP contribution < -0.4 is 4.74 Å². The van der Waals surface area contributed by atoms with Gasteiger partial charge in [0.15, 0.2) is 5.78 Å². The molecule has 4 nitrogen and oxygen atoms in total. The molecule has 0 saturated carbocycles. The summed E-state index contributed by atoms with van der Waals surface area (Å²) < 4.78 is 10.3. The summed E-state index contributed by atoms with van der Waals surface area (Å²) >= 11 is 0. The van der Waals surface area contributed by atoms with Crippen molar-refractivity contribution in [2.75, 3.05) is 13.2 Å². The van der Waals surface area contributed by atoms with Crippen LogP contribution in [-0.4, -0.2) is 29.7 Å². The molecule has 1 aromatic carbocycles. The summed E-state index contributed by atoms with van der Waals surface area (Å²) in [6.07, 6.45) is 1.36. The Balaban J connectivity index is 2.57. The van der Waals surface area contributed by atoms with Gasteiger partial charge in [0, 0.05) is 5.56 Å². The quantitative estimate of drug-likeness (QED) is 0.458. The molecule has 0 aliphatic carbocycles. The van der Waals surface area contributed by atoms with E-state index in [9.17, 15) is 9.90 Å². The Morgan fingerprint density at radius 1 is 1.33 bits per heavy atom. The topological polar surface area (TPSA) is 55.8 Å². The lowest BCUT2D eigenvalue weighted by Gasteiger charge is -2.15. The standard InChI is InChI=1S/C14H18O4/c1-4-17-9-10-18-12-7-5-11(6-8-12)13(15)14(2,3)16/h4-8,16H,1,9-10H2,2-3H3. The Kier molecular flexibility index (Phi) is 4.92. The van der Waals surface area contributed by atoms with E-state index in [1.165, 1.54) is 20.1 Å². The highest BCUT2D eigenvalue weighted by Crippen LogP contribution is 2.17. The third-order valence-electron chi connectivity index (χ3n) is 2.26. The molecule has 0 fully saturated rings. The summed E-state index contributed by atoms with van der Waals surface area (Å²) in [5, 5.41) is 9.60. The van der Waals surface area contributed by atoms with Crippen molar-refractivity contribution in [1.29, 1.82) is 0 Å². The van der Waals surface area contributed by atoms with Gasteiger partial charge in [-0.3, -0.25) is 4.79 Å². The molecule has 1 aromatic rings. The number of Topliss-reactive ketones (excluding diaryl/α,β-unsaturated/α-hetero) is 1. The Morgan fingerprint density at radius 2 is 1.94 bits per heavy atom. The highest BCUT2D eigenvalue weighted by molar-refractivity contribution is 6.01. The smallest absolute Gasteiger partial charge is 0.193 e. The van der Waals surface area contributed by atoms with Crippen LogP contribution >= 0.6 is 0 Å². The molecule has 1 N–H and O–H groups in total. The normalized spacial score (nSPS) is 10.8. The number of ketones is 1. The maximum Gasteiger partial charge on any atom is 0.193 e. The monoisotopic (exact) mass is 250 g/mol. The molecule has 0 heterocycles. The Labute approximate surface area is 107 Å². The van der Waals surface area contributed by atoms with E-state index in [0.29, 0.717) is 24.5 Å². The molecule has 1 rings (SSSR count). The van der Waals surface area contributed by atoms with Crippen LogP contribution in [0, 0.1) is 0 Å². The highest BCUT2D eigenvalue weighted by Gasteiger charge is 2.24. The molecule has 4 heteroatoms. The molecular weight excluding hydrogens is 232 g/mol. The van der Waals surface area contributed by atoms with E-state index in [0.717, 1.165) is 0 Å². The fourth-order valence-electron chi connectivity index (χ4n) is 1.35. The molecule has 0 saturated heterocycles. The van der Waals surface area contributed by atoms with Gasteiger partial charge in [-0.2, -0.15) is 0 Å². The summed E-state index contributed by atoms with van der Waals surface area (Å²) in [6, 6.07) is 6.63. The van der Waals surface area contributed by atoms with Crippen LogP contribution in [0.2, 0.25) is 0 Å². The van der Waals surface area contributed by atoms with Crippen molar-refractivity contribution in [3.63, 3.8) is 0 Å². The predicted octanol–water partition coefficient (Wildman–Crippen LogP) is 2.18. The molecule has 98 valence electrons. The van der Waals surface area contributed by atoms with Crippen molar-refractivity contribution in [2.24, 2.45) is 0 Å². The average Bonchev–Trinajstić information content (AvgIpc) is 2.33. The molecule has 0 bridgehead atoms. The third kappa shape index (κ3) is 4.22. The molecule has 0 aromatic heterocycles. The van der Waals surface area contributed by atoms with Crippen LogP contribution in [0.1, 0.15) is 24.2 Å². The van der Waals surface area contributed by atoms with Crippen LogP contribution in [0.15, 0.2) is 37.1 Å². The highest BCUT2D eigenvalue weighted by atomic mass is 16.5. The second-order valence-corrected chi connectivity index (χ2v) is 4.30. The van der Waals surface area contributed by atoms with Gasteiger partial charge in [0.05, 0.1) is 6.26 Å². The van der Waals surface area contributed by atoms with Crippen LogP contribution in [0.4, 0.5) is 0 Å². The van der Waals surface area contributed by atoms with Gasteiger partial charge in [-0.15, -0.1) is 0 Å². The van der Waals surface area contributed by atoms with Crippen molar-refractivity contribution in [3.8, 4) is 5.75 Å². The number of rotatable bonds is 7. The summed E-state index contributed by atoms with van der Waals surface area (Å²) in [5.41, 5.74) is -0.905. The second-order valence-electron chi connectivity index (χ2n) is 4.30. The van der Waals surface area contributed by atoms with Crippen molar-refractivity contribution in [1.82, 2.24) is 0 Å². The Morgan fingerprint density at radius 3 is 2.44 bits per heavy atom. The van der Waals surface area contributed by atoms with E-state index < -0.39 is 5.60 Å². The summed E-state index contributed by atoms with van der Waals surface area (Å²) in [6.45, 7) is 7.18. The number of ether oxygens (including phenoxy) is 2. The largest absolute Gasteiger partial charge is 0.498 e. The first kappa shape index (κ1) is 14.3. The first-order chi connectivity index (χ1) is 8.45.